The molecule has 1 amide bonds. The molecule has 6 nitrogen and oxygen atoms in total. The third kappa shape index (κ3) is 3.34. The summed E-state index contributed by atoms with van der Waals surface area (Å²) in [5, 5.41) is 9.05. The number of carbonyl (C=O) groups excluding carboxylic acids is 1. The van der Waals surface area contributed by atoms with Crippen LogP contribution in [0.15, 0.2) is 11.2 Å². The molecule has 124 valence electrons. The minimum Gasteiger partial charge on any atom is -0.339 e. The second kappa shape index (κ2) is 6.86. The van der Waals surface area contributed by atoms with Gasteiger partial charge in [0.15, 0.2) is 5.16 Å². The SMILES string of the molecule is CCC1CCCCN1C(=O)CSc1nnc2nc(C)cc(C)n12. The van der Waals surface area contributed by atoms with Crippen molar-refractivity contribution in [2.45, 2.75) is 57.7 Å². The van der Waals surface area contributed by atoms with Crippen molar-refractivity contribution in [2.24, 2.45) is 0 Å². The van der Waals surface area contributed by atoms with E-state index < -0.39 is 0 Å². The van der Waals surface area contributed by atoms with Gasteiger partial charge in [0.1, 0.15) is 0 Å². The van der Waals surface area contributed by atoms with Crippen molar-refractivity contribution in [2.75, 3.05) is 12.3 Å². The predicted octanol–water partition coefficient (Wildman–Crippen LogP) is 2.62. The summed E-state index contributed by atoms with van der Waals surface area (Å²) in [5.41, 5.74) is 1.96. The van der Waals surface area contributed by atoms with Gasteiger partial charge in [0, 0.05) is 24.0 Å². The van der Waals surface area contributed by atoms with E-state index in [0.717, 1.165) is 42.4 Å². The number of amides is 1. The minimum atomic E-state index is 0.205. The van der Waals surface area contributed by atoms with E-state index in [9.17, 15) is 4.79 Å². The van der Waals surface area contributed by atoms with E-state index in [0.29, 0.717) is 17.6 Å². The normalized spacial score (nSPS) is 18.6. The number of piperidine rings is 1. The molecule has 1 atom stereocenters. The van der Waals surface area contributed by atoms with E-state index in [2.05, 4.69) is 27.0 Å². The number of aromatic nitrogens is 4. The second-order valence-corrected chi connectivity index (χ2v) is 7.03. The summed E-state index contributed by atoms with van der Waals surface area (Å²) in [6, 6.07) is 2.40. The van der Waals surface area contributed by atoms with Crippen LogP contribution in [-0.4, -0.2) is 48.7 Å². The largest absolute Gasteiger partial charge is 0.339 e. The molecular formula is C16H23N5OS. The van der Waals surface area contributed by atoms with E-state index in [1.54, 1.807) is 0 Å². The van der Waals surface area contributed by atoms with Crippen molar-refractivity contribution >= 4 is 23.4 Å². The van der Waals surface area contributed by atoms with Gasteiger partial charge in [-0.15, -0.1) is 10.2 Å². The van der Waals surface area contributed by atoms with Crippen LogP contribution in [0.5, 0.6) is 0 Å². The lowest BCUT2D eigenvalue weighted by Crippen LogP contribution is -2.44. The summed E-state index contributed by atoms with van der Waals surface area (Å²) < 4.78 is 1.92. The smallest absolute Gasteiger partial charge is 0.256 e. The number of likely N-dealkylation sites (tertiary alicyclic amines) is 1. The zero-order valence-corrected chi connectivity index (χ0v) is 14.8. The molecule has 0 aromatic carbocycles. The second-order valence-electron chi connectivity index (χ2n) is 6.09. The summed E-state index contributed by atoms with van der Waals surface area (Å²) in [6.45, 7) is 7.00. The Balaban J connectivity index is 1.72. The maximum absolute atomic E-state index is 12.6. The van der Waals surface area contributed by atoms with Crippen LogP contribution in [0, 0.1) is 13.8 Å². The summed E-state index contributed by atoms with van der Waals surface area (Å²) >= 11 is 1.45. The summed E-state index contributed by atoms with van der Waals surface area (Å²) in [6.07, 6.45) is 4.51. The van der Waals surface area contributed by atoms with Crippen LogP contribution in [0.25, 0.3) is 5.78 Å². The fourth-order valence-corrected chi connectivity index (χ4v) is 4.13. The Kier molecular flexibility index (Phi) is 4.84. The highest BCUT2D eigenvalue weighted by atomic mass is 32.2. The summed E-state index contributed by atoms with van der Waals surface area (Å²) in [5.74, 6) is 1.21. The fraction of sp³-hybridized carbons (Fsp3) is 0.625. The van der Waals surface area contributed by atoms with Crippen LogP contribution >= 0.6 is 11.8 Å². The zero-order valence-electron chi connectivity index (χ0n) is 13.9. The lowest BCUT2D eigenvalue weighted by Gasteiger charge is -2.35. The Morgan fingerprint density at radius 1 is 1.35 bits per heavy atom. The van der Waals surface area contributed by atoms with Crippen molar-refractivity contribution in [3.05, 3.63) is 17.5 Å². The molecule has 0 radical (unpaired) electrons. The standard InChI is InChI=1S/C16H23N5OS/c1-4-13-7-5-6-8-20(13)14(22)10-23-16-19-18-15-17-11(2)9-12(3)21(15)16/h9,13H,4-8,10H2,1-3H3. The van der Waals surface area contributed by atoms with E-state index in [1.807, 2.05) is 24.3 Å². The molecule has 23 heavy (non-hydrogen) atoms. The van der Waals surface area contributed by atoms with Gasteiger partial charge in [-0.25, -0.2) is 4.98 Å². The van der Waals surface area contributed by atoms with Crippen LogP contribution in [0.3, 0.4) is 0 Å². The number of hydrogen-bond acceptors (Lipinski definition) is 5. The van der Waals surface area contributed by atoms with E-state index in [-0.39, 0.29) is 5.91 Å². The molecule has 2 aromatic heterocycles. The van der Waals surface area contributed by atoms with Gasteiger partial charge in [0.2, 0.25) is 5.91 Å². The molecular weight excluding hydrogens is 310 g/mol. The molecule has 1 saturated heterocycles. The molecule has 0 saturated carbocycles. The lowest BCUT2D eigenvalue weighted by atomic mass is 10.0. The molecule has 0 spiro atoms. The van der Waals surface area contributed by atoms with Gasteiger partial charge in [-0.3, -0.25) is 9.20 Å². The molecule has 0 bridgehead atoms. The first-order valence-electron chi connectivity index (χ1n) is 8.21. The molecule has 1 aliphatic rings. The first-order valence-corrected chi connectivity index (χ1v) is 9.20. The average molecular weight is 333 g/mol. The van der Waals surface area contributed by atoms with Gasteiger partial charge in [-0.05, 0) is 45.6 Å². The van der Waals surface area contributed by atoms with Gasteiger partial charge in [0.05, 0.1) is 5.75 Å². The Labute approximate surface area is 140 Å². The molecule has 1 fully saturated rings. The van der Waals surface area contributed by atoms with Crippen molar-refractivity contribution in [1.82, 2.24) is 24.5 Å². The molecule has 2 aromatic rings. The lowest BCUT2D eigenvalue weighted by molar-refractivity contribution is -0.132. The molecule has 3 heterocycles. The highest BCUT2D eigenvalue weighted by molar-refractivity contribution is 7.99. The summed E-state index contributed by atoms with van der Waals surface area (Å²) in [7, 11) is 0. The van der Waals surface area contributed by atoms with Gasteiger partial charge in [-0.2, -0.15) is 0 Å². The molecule has 0 aliphatic carbocycles. The van der Waals surface area contributed by atoms with Crippen molar-refractivity contribution in [3.63, 3.8) is 0 Å². The van der Waals surface area contributed by atoms with Crippen LogP contribution in [0.2, 0.25) is 0 Å². The van der Waals surface area contributed by atoms with Crippen LogP contribution in [-0.2, 0) is 4.79 Å². The predicted molar refractivity (Wildman–Crippen MR) is 90.6 cm³/mol. The molecule has 1 unspecified atom stereocenters. The third-order valence-electron chi connectivity index (χ3n) is 4.41. The Bertz CT molecular complexity index is 714. The highest BCUT2D eigenvalue weighted by Gasteiger charge is 2.25. The monoisotopic (exact) mass is 333 g/mol. The Morgan fingerprint density at radius 3 is 2.96 bits per heavy atom. The number of hydrogen-bond donors (Lipinski definition) is 0. The minimum absolute atomic E-state index is 0.205. The molecule has 0 N–H and O–H groups in total. The highest BCUT2D eigenvalue weighted by Crippen LogP contribution is 2.23. The Hall–Kier alpha value is -1.63. The topological polar surface area (TPSA) is 63.4 Å². The van der Waals surface area contributed by atoms with Crippen LogP contribution < -0.4 is 0 Å². The van der Waals surface area contributed by atoms with Crippen LogP contribution in [0.1, 0.15) is 44.0 Å². The van der Waals surface area contributed by atoms with Crippen LogP contribution in [0.4, 0.5) is 0 Å². The zero-order chi connectivity index (χ0) is 16.4. The van der Waals surface area contributed by atoms with Gasteiger partial charge in [0.25, 0.3) is 5.78 Å². The van der Waals surface area contributed by atoms with E-state index >= 15 is 0 Å². The van der Waals surface area contributed by atoms with Crippen molar-refractivity contribution < 1.29 is 4.79 Å². The van der Waals surface area contributed by atoms with E-state index in [4.69, 9.17) is 0 Å². The third-order valence-corrected chi connectivity index (χ3v) is 5.32. The number of thioether (sulfide) groups is 1. The first kappa shape index (κ1) is 16.2. The maximum atomic E-state index is 12.6. The maximum Gasteiger partial charge on any atom is 0.256 e. The van der Waals surface area contributed by atoms with Gasteiger partial charge < -0.3 is 4.90 Å². The number of nitrogens with zero attached hydrogens (tertiary/aromatic N) is 5. The first-order chi connectivity index (χ1) is 11.1. The number of aryl methyl sites for hydroxylation is 2. The number of fused-ring (bicyclic) bond motifs is 1. The van der Waals surface area contributed by atoms with Crippen molar-refractivity contribution in [3.8, 4) is 0 Å². The Morgan fingerprint density at radius 2 is 2.17 bits per heavy atom. The molecule has 1 aliphatic heterocycles. The van der Waals surface area contributed by atoms with Gasteiger partial charge >= 0.3 is 0 Å². The number of carbonyl (C=O) groups is 1. The summed E-state index contributed by atoms with van der Waals surface area (Å²) in [4.78, 5) is 19.0. The molecule has 7 heteroatoms. The van der Waals surface area contributed by atoms with E-state index in [1.165, 1.54) is 18.2 Å². The van der Waals surface area contributed by atoms with Gasteiger partial charge in [-0.1, -0.05) is 18.7 Å². The molecule has 3 rings (SSSR count). The number of rotatable bonds is 4. The fourth-order valence-electron chi connectivity index (χ4n) is 3.26. The quantitative estimate of drug-likeness (QED) is 0.805. The van der Waals surface area contributed by atoms with Crippen molar-refractivity contribution in [1.29, 1.82) is 0 Å². The average Bonchev–Trinajstić information content (AvgIpc) is 2.95.